The van der Waals surface area contributed by atoms with Crippen molar-refractivity contribution in [3.8, 4) is 0 Å². The second-order valence-electron chi connectivity index (χ2n) is 1.11. The van der Waals surface area contributed by atoms with Crippen LogP contribution < -0.4 is 5.32 Å². The number of hydrogen-bond donors (Lipinski definition) is 0. The number of amides is 1. The van der Waals surface area contributed by atoms with Crippen LogP contribution in [0, 0.1) is 0 Å². The van der Waals surface area contributed by atoms with Crippen LogP contribution in [0.1, 0.15) is 6.42 Å². The highest BCUT2D eigenvalue weighted by Gasteiger charge is 1.89. The zero-order valence-electron chi connectivity index (χ0n) is 4.35. The van der Waals surface area contributed by atoms with E-state index < -0.39 is 0 Å². The Morgan fingerprint density at radius 3 is 2.71 bits per heavy atom. The van der Waals surface area contributed by atoms with Crippen LogP contribution in [0.5, 0.6) is 0 Å². The summed E-state index contributed by atoms with van der Waals surface area (Å²) in [6.07, 6.45) is 1.89. The van der Waals surface area contributed by atoms with Gasteiger partial charge in [-0.05, 0) is 0 Å². The van der Waals surface area contributed by atoms with Gasteiger partial charge in [0.1, 0.15) is 0 Å². The molecule has 0 saturated heterocycles. The van der Waals surface area contributed by atoms with Gasteiger partial charge in [0.05, 0.1) is 0 Å². The molecule has 0 fully saturated rings. The number of rotatable bonds is 2. The fraction of sp³-hybridized carbons (Fsp3) is 0.400. The molecule has 0 atom stereocenters. The molecule has 0 aliphatic carbocycles. The van der Waals surface area contributed by atoms with Crippen molar-refractivity contribution in [2.45, 2.75) is 6.42 Å². The molecule has 0 aliphatic heterocycles. The van der Waals surface area contributed by atoms with E-state index in [1.54, 1.807) is 0 Å². The van der Waals surface area contributed by atoms with Crippen molar-refractivity contribution in [1.29, 1.82) is 0 Å². The average Bonchev–Trinajstić information content (AvgIpc) is 1.68. The first kappa shape index (κ1) is 6.21. The zero-order valence-corrected chi connectivity index (χ0v) is 4.35. The highest BCUT2D eigenvalue weighted by molar-refractivity contribution is 5.76. The molecular weight excluding hydrogens is 90.1 g/mol. The smallest absolute Gasteiger partial charge is 0.244 e. The van der Waals surface area contributed by atoms with Crippen LogP contribution in [0.15, 0.2) is 12.7 Å². The van der Waals surface area contributed by atoms with E-state index in [2.05, 4.69) is 11.9 Å². The van der Waals surface area contributed by atoms with Crippen molar-refractivity contribution in [3.63, 3.8) is 0 Å². The molecule has 0 rings (SSSR count). The van der Waals surface area contributed by atoms with Crippen molar-refractivity contribution < 1.29 is 4.79 Å². The lowest BCUT2D eigenvalue weighted by atomic mass is 10.4. The number of nitrogens with zero attached hydrogens (tertiary/aromatic N) is 1. The summed E-state index contributed by atoms with van der Waals surface area (Å²) in [5, 5.41) is 3.37. The second-order valence-corrected chi connectivity index (χ2v) is 1.11. The SMILES string of the molecule is C=CCC(=O)[N]C. The minimum atomic E-state index is -0.116. The van der Waals surface area contributed by atoms with E-state index in [1.807, 2.05) is 0 Å². The van der Waals surface area contributed by atoms with E-state index in [-0.39, 0.29) is 5.91 Å². The first-order valence-electron chi connectivity index (χ1n) is 2.04. The Morgan fingerprint density at radius 2 is 2.57 bits per heavy atom. The van der Waals surface area contributed by atoms with E-state index in [9.17, 15) is 4.79 Å². The normalized spacial score (nSPS) is 7.57. The largest absolute Gasteiger partial charge is 0.273 e. The van der Waals surface area contributed by atoms with Gasteiger partial charge in [-0.1, -0.05) is 6.08 Å². The second kappa shape index (κ2) is 3.40. The Morgan fingerprint density at radius 1 is 2.00 bits per heavy atom. The molecule has 2 heteroatoms. The molecule has 0 aliphatic rings. The lowest BCUT2D eigenvalue weighted by molar-refractivity contribution is -0.120. The molecule has 2 nitrogen and oxygen atoms in total. The summed E-state index contributed by atoms with van der Waals surface area (Å²) in [6, 6.07) is 0. The van der Waals surface area contributed by atoms with Gasteiger partial charge in [-0.15, -0.1) is 6.58 Å². The van der Waals surface area contributed by atoms with E-state index >= 15 is 0 Å². The molecule has 0 aromatic rings. The minimum absolute atomic E-state index is 0.116. The third kappa shape index (κ3) is 3.03. The first-order valence-corrected chi connectivity index (χ1v) is 2.04. The maximum atomic E-state index is 10.2. The van der Waals surface area contributed by atoms with E-state index in [1.165, 1.54) is 13.1 Å². The third-order valence-electron chi connectivity index (χ3n) is 0.568. The van der Waals surface area contributed by atoms with E-state index in [0.29, 0.717) is 6.42 Å². The molecule has 0 aromatic carbocycles. The lowest BCUT2D eigenvalue weighted by Crippen LogP contribution is -2.07. The van der Waals surface area contributed by atoms with Gasteiger partial charge in [-0.3, -0.25) is 10.1 Å². The van der Waals surface area contributed by atoms with Crippen LogP contribution in [0.3, 0.4) is 0 Å². The zero-order chi connectivity index (χ0) is 5.70. The van der Waals surface area contributed by atoms with Crippen molar-refractivity contribution >= 4 is 5.91 Å². The molecular formula is C5H8NO. The van der Waals surface area contributed by atoms with Gasteiger partial charge in [0.15, 0.2) is 0 Å². The lowest BCUT2D eigenvalue weighted by Gasteiger charge is -1.84. The summed E-state index contributed by atoms with van der Waals surface area (Å²) < 4.78 is 0. The summed E-state index contributed by atoms with van der Waals surface area (Å²) in [7, 11) is 1.48. The van der Waals surface area contributed by atoms with Crippen LogP contribution in [-0.4, -0.2) is 13.0 Å². The number of hydrogen-bond acceptors (Lipinski definition) is 1. The number of carbonyl (C=O) groups excluding carboxylic acids is 1. The van der Waals surface area contributed by atoms with Gasteiger partial charge in [-0.25, -0.2) is 0 Å². The predicted molar refractivity (Wildman–Crippen MR) is 27.9 cm³/mol. The Bertz CT molecular complexity index is 78.1. The standard InChI is InChI=1S/C5H8NO/c1-3-4-5(7)6-2/h3H,1,4H2,2H3. The summed E-state index contributed by atoms with van der Waals surface area (Å²) in [4.78, 5) is 10.2. The molecule has 1 amide bonds. The highest BCUT2D eigenvalue weighted by Crippen LogP contribution is 1.76. The Labute approximate surface area is 43.2 Å². The Hall–Kier alpha value is -0.790. The maximum absolute atomic E-state index is 10.2. The molecule has 0 spiro atoms. The third-order valence-corrected chi connectivity index (χ3v) is 0.568. The molecule has 0 aromatic heterocycles. The van der Waals surface area contributed by atoms with Gasteiger partial charge < -0.3 is 0 Å². The quantitative estimate of drug-likeness (QED) is 0.458. The maximum Gasteiger partial charge on any atom is 0.244 e. The van der Waals surface area contributed by atoms with Gasteiger partial charge in [0.25, 0.3) is 0 Å². The first-order chi connectivity index (χ1) is 3.31. The minimum Gasteiger partial charge on any atom is -0.273 e. The van der Waals surface area contributed by atoms with Gasteiger partial charge in [0.2, 0.25) is 5.91 Å². The molecule has 1 radical (unpaired) electrons. The van der Waals surface area contributed by atoms with Crippen LogP contribution in [0.2, 0.25) is 0 Å². The van der Waals surface area contributed by atoms with E-state index in [0.717, 1.165) is 0 Å². The topological polar surface area (TPSA) is 31.2 Å². The van der Waals surface area contributed by atoms with Crippen LogP contribution in [0.25, 0.3) is 0 Å². The van der Waals surface area contributed by atoms with Gasteiger partial charge in [0, 0.05) is 13.5 Å². The monoisotopic (exact) mass is 98.1 g/mol. The molecule has 0 N–H and O–H groups in total. The van der Waals surface area contributed by atoms with Crippen molar-refractivity contribution in [2.24, 2.45) is 0 Å². The van der Waals surface area contributed by atoms with Crippen LogP contribution in [-0.2, 0) is 4.79 Å². The molecule has 39 valence electrons. The summed E-state index contributed by atoms with van der Waals surface area (Å²) >= 11 is 0. The Kier molecular flexibility index (Phi) is 3.02. The predicted octanol–water partition coefficient (Wildman–Crippen LogP) is 0.323. The average molecular weight is 98.1 g/mol. The summed E-state index contributed by atoms with van der Waals surface area (Å²) in [5.74, 6) is -0.116. The molecule has 0 unspecified atom stereocenters. The summed E-state index contributed by atoms with van der Waals surface area (Å²) in [6.45, 7) is 3.37. The molecule has 0 saturated carbocycles. The fourth-order valence-electron chi connectivity index (χ4n) is 0.215. The van der Waals surface area contributed by atoms with Gasteiger partial charge >= 0.3 is 0 Å². The molecule has 0 bridgehead atoms. The van der Waals surface area contributed by atoms with Crippen LogP contribution >= 0.6 is 0 Å². The fourth-order valence-corrected chi connectivity index (χ4v) is 0.215. The number of carbonyl (C=O) groups is 1. The van der Waals surface area contributed by atoms with E-state index in [4.69, 9.17) is 0 Å². The van der Waals surface area contributed by atoms with Gasteiger partial charge in [-0.2, -0.15) is 0 Å². The van der Waals surface area contributed by atoms with Crippen molar-refractivity contribution in [2.75, 3.05) is 7.05 Å². The Balaban J connectivity index is 3.17. The van der Waals surface area contributed by atoms with Crippen LogP contribution in [0.4, 0.5) is 0 Å². The van der Waals surface area contributed by atoms with Crippen molar-refractivity contribution in [1.82, 2.24) is 5.32 Å². The molecule has 0 heterocycles. The summed E-state index contributed by atoms with van der Waals surface area (Å²) in [5.41, 5.74) is 0. The van der Waals surface area contributed by atoms with Crippen molar-refractivity contribution in [3.05, 3.63) is 12.7 Å². The highest BCUT2D eigenvalue weighted by atomic mass is 16.1. The molecule has 7 heavy (non-hydrogen) atoms.